The molecule has 0 amide bonds. The number of rotatable bonds is 2. The number of nitrogens with zero attached hydrogens (tertiary/aromatic N) is 1. The van der Waals surface area contributed by atoms with Gasteiger partial charge in [0.15, 0.2) is 0 Å². The molecule has 0 fully saturated rings. The molecule has 0 spiro atoms. The fourth-order valence-electron chi connectivity index (χ4n) is 2.94. The molecule has 2 aromatic carbocycles. The Hall–Kier alpha value is -1.48. The van der Waals surface area contributed by atoms with E-state index in [0.29, 0.717) is 11.7 Å². The van der Waals surface area contributed by atoms with Gasteiger partial charge >= 0.3 is 0 Å². The van der Waals surface area contributed by atoms with Gasteiger partial charge in [0.25, 0.3) is 0 Å². The highest BCUT2D eigenvalue weighted by molar-refractivity contribution is 9.10. The van der Waals surface area contributed by atoms with Crippen molar-refractivity contribution in [3.8, 4) is 5.75 Å². The average Bonchev–Trinajstić information content (AvgIpc) is 2.43. The molecule has 2 aromatic rings. The van der Waals surface area contributed by atoms with Gasteiger partial charge in [-0.05, 0) is 47.7 Å². The summed E-state index contributed by atoms with van der Waals surface area (Å²) >= 11 is 3.57. The Labute approximate surface area is 128 Å². The van der Waals surface area contributed by atoms with Crippen LogP contribution in [-0.4, -0.2) is 11.7 Å². The van der Waals surface area contributed by atoms with Crippen molar-refractivity contribution in [2.45, 2.75) is 19.9 Å². The van der Waals surface area contributed by atoms with Gasteiger partial charge in [-0.1, -0.05) is 41.1 Å². The molecule has 1 unspecified atom stereocenters. The predicted molar refractivity (Wildman–Crippen MR) is 86.2 cm³/mol. The first-order valence-electron chi connectivity index (χ1n) is 6.93. The zero-order chi connectivity index (χ0) is 14.1. The molecule has 20 heavy (non-hydrogen) atoms. The Morgan fingerprint density at radius 2 is 2.05 bits per heavy atom. The van der Waals surface area contributed by atoms with Crippen molar-refractivity contribution < 1.29 is 5.11 Å². The normalized spacial score (nSPS) is 17.9. The van der Waals surface area contributed by atoms with Crippen molar-refractivity contribution in [2.75, 3.05) is 11.4 Å². The largest absolute Gasteiger partial charge is 0.508 e. The van der Waals surface area contributed by atoms with Crippen LogP contribution < -0.4 is 4.90 Å². The molecule has 104 valence electrons. The van der Waals surface area contributed by atoms with Gasteiger partial charge in [-0.2, -0.15) is 0 Å². The lowest BCUT2D eigenvalue weighted by Crippen LogP contribution is -2.33. The van der Waals surface area contributed by atoms with Crippen LogP contribution in [0.1, 0.15) is 18.1 Å². The van der Waals surface area contributed by atoms with E-state index in [1.165, 1.54) is 11.3 Å². The smallest absolute Gasteiger partial charge is 0.115 e. The summed E-state index contributed by atoms with van der Waals surface area (Å²) in [6, 6.07) is 14.1. The quantitative estimate of drug-likeness (QED) is 0.884. The lowest BCUT2D eigenvalue weighted by molar-refractivity contribution is 0.473. The van der Waals surface area contributed by atoms with Crippen LogP contribution in [0.25, 0.3) is 0 Å². The van der Waals surface area contributed by atoms with Gasteiger partial charge in [0, 0.05) is 23.2 Å². The topological polar surface area (TPSA) is 23.5 Å². The lowest BCUT2D eigenvalue weighted by atomic mass is 9.93. The summed E-state index contributed by atoms with van der Waals surface area (Å²) < 4.78 is 1.05. The van der Waals surface area contributed by atoms with Crippen LogP contribution in [0.4, 0.5) is 5.69 Å². The van der Waals surface area contributed by atoms with E-state index in [4.69, 9.17) is 0 Å². The van der Waals surface area contributed by atoms with Gasteiger partial charge in [0.2, 0.25) is 0 Å². The number of aromatic hydroxyl groups is 1. The standard InChI is InChI=1S/C17H18BrNO/c1-12-8-13-4-2-3-5-17(13)19(10-12)11-14-9-15(20)6-7-16(14)18/h2-7,9,12,20H,8,10-11H2,1H3. The van der Waals surface area contributed by atoms with Crippen LogP contribution >= 0.6 is 15.9 Å². The molecular weight excluding hydrogens is 314 g/mol. The second-order valence-electron chi connectivity index (χ2n) is 5.59. The molecule has 3 rings (SSSR count). The summed E-state index contributed by atoms with van der Waals surface area (Å²) in [6.07, 6.45) is 1.15. The highest BCUT2D eigenvalue weighted by atomic mass is 79.9. The van der Waals surface area contributed by atoms with Crippen LogP contribution in [-0.2, 0) is 13.0 Å². The second kappa shape index (κ2) is 5.49. The van der Waals surface area contributed by atoms with Crippen molar-refractivity contribution in [3.05, 3.63) is 58.1 Å². The molecule has 3 heteroatoms. The first-order valence-corrected chi connectivity index (χ1v) is 7.73. The summed E-state index contributed by atoms with van der Waals surface area (Å²) in [5.41, 5.74) is 3.86. The monoisotopic (exact) mass is 331 g/mol. The van der Waals surface area contributed by atoms with E-state index in [0.717, 1.165) is 29.5 Å². The molecule has 1 N–H and O–H groups in total. The molecule has 1 atom stereocenters. The van der Waals surface area contributed by atoms with E-state index in [9.17, 15) is 5.11 Å². The Morgan fingerprint density at radius 1 is 1.25 bits per heavy atom. The van der Waals surface area contributed by atoms with Crippen LogP contribution in [0.2, 0.25) is 0 Å². The number of anilines is 1. The number of hydrogen-bond donors (Lipinski definition) is 1. The van der Waals surface area contributed by atoms with Crippen LogP contribution in [0.3, 0.4) is 0 Å². The molecule has 0 aliphatic carbocycles. The van der Waals surface area contributed by atoms with Crippen LogP contribution in [0.15, 0.2) is 46.9 Å². The maximum atomic E-state index is 9.67. The number of phenolic OH excluding ortho intramolecular Hbond substituents is 1. The zero-order valence-electron chi connectivity index (χ0n) is 11.5. The Kier molecular flexibility index (Phi) is 3.70. The molecule has 1 heterocycles. The van der Waals surface area contributed by atoms with E-state index in [1.54, 1.807) is 6.07 Å². The first kappa shape index (κ1) is 13.5. The first-order chi connectivity index (χ1) is 9.63. The van der Waals surface area contributed by atoms with E-state index in [-0.39, 0.29) is 0 Å². The summed E-state index contributed by atoms with van der Waals surface area (Å²) in [7, 11) is 0. The fraction of sp³-hybridized carbons (Fsp3) is 0.294. The second-order valence-corrected chi connectivity index (χ2v) is 6.45. The molecule has 0 saturated heterocycles. The molecule has 0 radical (unpaired) electrons. The Morgan fingerprint density at radius 3 is 2.90 bits per heavy atom. The van der Waals surface area contributed by atoms with Crippen molar-refractivity contribution >= 4 is 21.6 Å². The number of para-hydroxylation sites is 1. The Balaban J connectivity index is 1.93. The fourth-order valence-corrected chi connectivity index (χ4v) is 3.32. The van der Waals surface area contributed by atoms with Crippen LogP contribution in [0.5, 0.6) is 5.75 Å². The number of hydrogen-bond acceptors (Lipinski definition) is 2. The van der Waals surface area contributed by atoms with Gasteiger partial charge in [0.05, 0.1) is 0 Å². The summed E-state index contributed by atoms with van der Waals surface area (Å²) in [5.74, 6) is 0.975. The zero-order valence-corrected chi connectivity index (χ0v) is 13.1. The number of fused-ring (bicyclic) bond motifs is 1. The summed E-state index contributed by atoms with van der Waals surface area (Å²) in [6.45, 7) is 4.16. The van der Waals surface area contributed by atoms with E-state index >= 15 is 0 Å². The van der Waals surface area contributed by atoms with Crippen molar-refractivity contribution in [1.82, 2.24) is 0 Å². The minimum Gasteiger partial charge on any atom is -0.508 e. The van der Waals surface area contributed by atoms with Gasteiger partial charge < -0.3 is 10.0 Å². The lowest BCUT2D eigenvalue weighted by Gasteiger charge is -2.35. The van der Waals surface area contributed by atoms with Crippen molar-refractivity contribution in [1.29, 1.82) is 0 Å². The van der Waals surface area contributed by atoms with E-state index in [2.05, 4.69) is 52.0 Å². The summed E-state index contributed by atoms with van der Waals surface area (Å²) in [5, 5.41) is 9.67. The number of halogens is 1. The van der Waals surface area contributed by atoms with Gasteiger partial charge in [0.1, 0.15) is 5.75 Å². The van der Waals surface area contributed by atoms with E-state index in [1.807, 2.05) is 12.1 Å². The highest BCUT2D eigenvalue weighted by Crippen LogP contribution is 2.32. The number of benzene rings is 2. The van der Waals surface area contributed by atoms with Crippen molar-refractivity contribution in [3.63, 3.8) is 0 Å². The minimum atomic E-state index is 0.321. The molecule has 1 aliphatic rings. The molecular formula is C17H18BrNO. The Bertz CT molecular complexity index is 626. The molecule has 2 nitrogen and oxygen atoms in total. The van der Waals surface area contributed by atoms with Crippen LogP contribution in [0, 0.1) is 5.92 Å². The molecule has 0 bridgehead atoms. The van der Waals surface area contributed by atoms with Gasteiger partial charge in [-0.25, -0.2) is 0 Å². The maximum Gasteiger partial charge on any atom is 0.115 e. The van der Waals surface area contributed by atoms with Gasteiger partial charge in [-0.3, -0.25) is 0 Å². The third kappa shape index (κ3) is 2.68. The highest BCUT2D eigenvalue weighted by Gasteiger charge is 2.21. The maximum absolute atomic E-state index is 9.67. The third-order valence-corrected chi connectivity index (χ3v) is 4.60. The molecule has 0 saturated carbocycles. The molecule has 0 aromatic heterocycles. The predicted octanol–water partition coefficient (Wildman–Crippen LogP) is 4.35. The van der Waals surface area contributed by atoms with E-state index < -0.39 is 0 Å². The third-order valence-electron chi connectivity index (χ3n) is 3.82. The average molecular weight is 332 g/mol. The van der Waals surface area contributed by atoms with Gasteiger partial charge in [-0.15, -0.1) is 0 Å². The SMILES string of the molecule is CC1Cc2ccccc2N(Cc2cc(O)ccc2Br)C1. The minimum absolute atomic E-state index is 0.321. The molecule has 1 aliphatic heterocycles. The number of phenols is 1. The summed E-state index contributed by atoms with van der Waals surface area (Å²) in [4.78, 5) is 2.41. The van der Waals surface area contributed by atoms with Crippen molar-refractivity contribution in [2.24, 2.45) is 5.92 Å².